The van der Waals surface area contributed by atoms with Crippen LogP contribution < -0.4 is 10.2 Å². The van der Waals surface area contributed by atoms with Gasteiger partial charge in [0.25, 0.3) is 0 Å². The van der Waals surface area contributed by atoms with Crippen LogP contribution in [0.1, 0.15) is 36.7 Å². The molecule has 2 N–H and O–H groups in total. The number of anilines is 2. The molecule has 1 saturated heterocycles. The molecule has 1 fully saturated rings. The summed E-state index contributed by atoms with van der Waals surface area (Å²) in [6, 6.07) is 2.13. The van der Waals surface area contributed by atoms with E-state index in [1.165, 1.54) is 11.3 Å². The van der Waals surface area contributed by atoms with Crippen molar-refractivity contribution in [1.29, 1.82) is 0 Å². The molecule has 1 aliphatic rings. The van der Waals surface area contributed by atoms with Crippen LogP contribution in [0.3, 0.4) is 0 Å². The van der Waals surface area contributed by atoms with E-state index in [-0.39, 0.29) is 12.6 Å². The summed E-state index contributed by atoms with van der Waals surface area (Å²) in [5, 5.41) is 17.4. The van der Waals surface area contributed by atoms with Crippen LogP contribution in [0.4, 0.5) is 11.6 Å². The van der Waals surface area contributed by atoms with Crippen molar-refractivity contribution in [2.45, 2.75) is 52.7 Å². The number of aliphatic hydroxyl groups excluding tert-OH is 1. The van der Waals surface area contributed by atoms with Gasteiger partial charge < -0.3 is 15.3 Å². The summed E-state index contributed by atoms with van der Waals surface area (Å²) in [4.78, 5) is 10.9. The Balaban J connectivity index is 1.72. The zero-order valence-corrected chi connectivity index (χ0v) is 14.7. The predicted octanol–water partition coefficient (Wildman–Crippen LogP) is 1.88. The Morgan fingerprint density at radius 3 is 2.88 bits per heavy atom. The minimum atomic E-state index is 0.167. The van der Waals surface area contributed by atoms with E-state index >= 15 is 0 Å². The van der Waals surface area contributed by atoms with Crippen molar-refractivity contribution in [3.8, 4) is 0 Å². The van der Waals surface area contributed by atoms with E-state index in [4.69, 9.17) is 0 Å². The summed E-state index contributed by atoms with van der Waals surface area (Å²) in [5.74, 6) is 1.67. The first-order valence-corrected chi connectivity index (χ1v) is 8.60. The number of hydrogen-bond acceptors (Lipinski definition) is 6. The lowest BCUT2D eigenvalue weighted by Crippen LogP contribution is -2.32. The van der Waals surface area contributed by atoms with E-state index < -0.39 is 0 Å². The SMILES string of the molecule is CCn1nc(C)c(CNc2cc(N3CCC[C@@H]3CO)ncn2)c1C. The van der Waals surface area contributed by atoms with E-state index in [0.717, 1.165) is 43.3 Å². The first-order valence-electron chi connectivity index (χ1n) is 8.60. The Kier molecular flexibility index (Phi) is 4.99. The van der Waals surface area contributed by atoms with Gasteiger partial charge in [0.15, 0.2) is 0 Å². The van der Waals surface area contributed by atoms with Crippen LogP contribution in [-0.2, 0) is 13.1 Å². The molecule has 1 atom stereocenters. The number of nitrogens with one attached hydrogen (secondary N) is 1. The second-order valence-electron chi connectivity index (χ2n) is 6.25. The summed E-state index contributed by atoms with van der Waals surface area (Å²) in [6.07, 6.45) is 3.68. The van der Waals surface area contributed by atoms with Crippen molar-refractivity contribution >= 4 is 11.6 Å². The number of aliphatic hydroxyl groups is 1. The van der Waals surface area contributed by atoms with E-state index in [1.807, 2.05) is 17.7 Å². The van der Waals surface area contributed by atoms with Gasteiger partial charge in [0.2, 0.25) is 0 Å². The van der Waals surface area contributed by atoms with Crippen molar-refractivity contribution in [1.82, 2.24) is 19.7 Å². The molecule has 130 valence electrons. The third kappa shape index (κ3) is 3.21. The molecule has 0 unspecified atom stereocenters. The quantitative estimate of drug-likeness (QED) is 0.842. The molecular weight excluding hydrogens is 304 g/mol. The molecule has 0 aliphatic carbocycles. The van der Waals surface area contributed by atoms with E-state index in [2.05, 4.69) is 39.1 Å². The average molecular weight is 330 g/mol. The lowest BCUT2D eigenvalue weighted by molar-refractivity contribution is 0.266. The highest BCUT2D eigenvalue weighted by molar-refractivity contribution is 5.50. The summed E-state index contributed by atoms with van der Waals surface area (Å²) < 4.78 is 2.02. The second kappa shape index (κ2) is 7.17. The minimum absolute atomic E-state index is 0.167. The third-order valence-electron chi connectivity index (χ3n) is 4.81. The highest BCUT2D eigenvalue weighted by Gasteiger charge is 2.25. The molecule has 3 heterocycles. The van der Waals surface area contributed by atoms with Crippen LogP contribution in [0.15, 0.2) is 12.4 Å². The van der Waals surface area contributed by atoms with E-state index in [0.29, 0.717) is 6.54 Å². The van der Waals surface area contributed by atoms with E-state index in [9.17, 15) is 5.11 Å². The number of hydrogen-bond donors (Lipinski definition) is 2. The van der Waals surface area contributed by atoms with E-state index in [1.54, 1.807) is 6.33 Å². The fourth-order valence-corrected chi connectivity index (χ4v) is 3.40. The minimum Gasteiger partial charge on any atom is -0.394 e. The highest BCUT2D eigenvalue weighted by Crippen LogP contribution is 2.25. The average Bonchev–Trinajstić information content (AvgIpc) is 3.18. The van der Waals surface area contributed by atoms with Gasteiger partial charge >= 0.3 is 0 Å². The third-order valence-corrected chi connectivity index (χ3v) is 4.81. The van der Waals surface area contributed by atoms with Crippen molar-refractivity contribution in [2.75, 3.05) is 23.4 Å². The lowest BCUT2D eigenvalue weighted by Gasteiger charge is -2.24. The fraction of sp³-hybridized carbons (Fsp3) is 0.588. The first-order chi connectivity index (χ1) is 11.6. The number of rotatable bonds is 6. The molecule has 24 heavy (non-hydrogen) atoms. The monoisotopic (exact) mass is 330 g/mol. The van der Waals surface area contributed by atoms with Crippen molar-refractivity contribution in [3.63, 3.8) is 0 Å². The van der Waals surface area contributed by atoms with Gasteiger partial charge in [-0.1, -0.05) is 0 Å². The molecule has 0 aromatic carbocycles. The Morgan fingerprint density at radius 1 is 1.33 bits per heavy atom. The Hall–Kier alpha value is -2.15. The lowest BCUT2D eigenvalue weighted by atomic mass is 10.2. The fourth-order valence-electron chi connectivity index (χ4n) is 3.40. The highest BCUT2D eigenvalue weighted by atomic mass is 16.3. The van der Waals surface area contributed by atoms with Crippen LogP contribution in [0.25, 0.3) is 0 Å². The van der Waals surface area contributed by atoms with Crippen LogP contribution in [0, 0.1) is 13.8 Å². The van der Waals surface area contributed by atoms with Crippen LogP contribution in [0.5, 0.6) is 0 Å². The molecule has 1 aliphatic heterocycles. The number of nitrogens with zero attached hydrogens (tertiary/aromatic N) is 5. The van der Waals surface area contributed by atoms with Crippen LogP contribution in [0.2, 0.25) is 0 Å². The standard InChI is InChI=1S/C17H26N6O/c1-4-23-13(3)15(12(2)21-23)9-18-16-8-17(20-11-19-16)22-7-5-6-14(22)10-24/h8,11,14,24H,4-7,9-10H2,1-3H3,(H,18,19,20)/t14-/m1/s1. The van der Waals surface area contributed by atoms with Crippen LogP contribution >= 0.6 is 0 Å². The molecule has 0 spiro atoms. The van der Waals surface area contributed by atoms with Crippen molar-refractivity contribution in [3.05, 3.63) is 29.3 Å². The maximum absolute atomic E-state index is 9.50. The summed E-state index contributed by atoms with van der Waals surface area (Å²) in [6.45, 7) is 8.91. The molecule has 7 heteroatoms. The number of aromatic nitrogens is 4. The van der Waals surface area contributed by atoms with Gasteiger partial charge in [-0.15, -0.1) is 0 Å². The maximum Gasteiger partial charge on any atom is 0.134 e. The molecule has 2 aromatic rings. The topological polar surface area (TPSA) is 79.1 Å². The summed E-state index contributed by atoms with van der Waals surface area (Å²) in [7, 11) is 0. The molecule has 7 nitrogen and oxygen atoms in total. The van der Waals surface area contributed by atoms with Gasteiger partial charge in [0.1, 0.15) is 18.0 Å². The largest absolute Gasteiger partial charge is 0.394 e. The smallest absolute Gasteiger partial charge is 0.134 e. The predicted molar refractivity (Wildman–Crippen MR) is 94.2 cm³/mol. The van der Waals surface area contributed by atoms with Gasteiger partial charge in [-0.2, -0.15) is 5.10 Å². The molecule has 2 aromatic heterocycles. The molecule has 3 rings (SSSR count). The molecular formula is C17H26N6O. The Bertz CT molecular complexity index is 698. The van der Waals surface area contributed by atoms with Gasteiger partial charge in [-0.05, 0) is 33.6 Å². The van der Waals surface area contributed by atoms with Gasteiger partial charge in [0.05, 0.1) is 18.3 Å². The molecule has 0 saturated carbocycles. The van der Waals surface area contributed by atoms with Crippen molar-refractivity contribution in [2.24, 2.45) is 0 Å². The molecule has 0 radical (unpaired) electrons. The second-order valence-corrected chi connectivity index (χ2v) is 6.25. The molecule has 0 amide bonds. The number of aryl methyl sites for hydroxylation is 2. The maximum atomic E-state index is 9.50. The normalized spacial score (nSPS) is 17.5. The van der Waals surface area contributed by atoms with Gasteiger partial charge in [-0.25, -0.2) is 9.97 Å². The van der Waals surface area contributed by atoms with Gasteiger partial charge in [-0.3, -0.25) is 4.68 Å². The van der Waals surface area contributed by atoms with Crippen molar-refractivity contribution < 1.29 is 5.11 Å². The summed E-state index contributed by atoms with van der Waals surface area (Å²) in [5.41, 5.74) is 3.46. The zero-order chi connectivity index (χ0) is 17.1. The van der Waals surface area contributed by atoms with Crippen LogP contribution in [-0.4, -0.2) is 44.0 Å². The summed E-state index contributed by atoms with van der Waals surface area (Å²) >= 11 is 0. The Morgan fingerprint density at radius 2 is 2.17 bits per heavy atom. The Labute approximate surface area is 142 Å². The first kappa shape index (κ1) is 16.7. The van der Waals surface area contributed by atoms with Gasteiger partial charge in [0, 0.05) is 37.0 Å². The molecule has 0 bridgehead atoms. The zero-order valence-electron chi connectivity index (χ0n) is 14.7.